The largest absolute Gasteiger partial charge is 0.412 e. The van der Waals surface area contributed by atoms with Crippen molar-refractivity contribution in [3.8, 4) is 0 Å². The van der Waals surface area contributed by atoms with Gasteiger partial charge in [0.25, 0.3) is 24.0 Å². The third-order valence-corrected chi connectivity index (χ3v) is 16.8. The highest BCUT2D eigenvalue weighted by molar-refractivity contribution is 7.86. The second-order valence-electron chi connectivity index (χ2n) is 15.6. The topological polar surface area (TPSA) is 126 Å². The van der Waals surface area contributed by atoms with E-state index in [0.29, 0.717) is 24.8 Å². The lowest BCUT2D eigenvalue weighted by Gasteiger charge is -2.46. The summed E-state index contributed by atoms with van der Waals surface area (Å²) in [6.07, 6.45) is 0.226. The summed E-state index contributed by atoms with van der Waals surface area (Å²) in [7, 11) is -9.27. The van der Waals surface area contributed by atoms with Crippen LogP contribution in [-0.2, 0) is 27.9 Å². The quantitative estimate of drug-likeness (QED) is 0.0972. The minimum absolute atomic E-state index is 0.0449. The summed E-state index contributed by atoms with van der Waals surface area (Å²) in [4.78, 5) is 28.1. The number of aryl methyl sites for hydroxylation is 2. The average Bonchev–Trinajstić information content (AvgIpc) is 3.50. The van der Waals surface area contributed by atoms with Crippen molar-refractivity contribution in [3.05, 3.63) is 123 Å². The molecule has 0 saturated carbocycles. The van der Waals surface area contributed by atoms with Crippen LogP contribution in [0, 0.1) is 13.8 Å². The first-order chi connectivity index (χ1) is 24.4. The van der Waals surface area contributed by atoms with E-state index in [1.54, 1.807) is 31.2 Å². The van der Waals surface area contributed by atoms with Crippen molar-refractivity contribution in [2.24, 2.45) is 0 Å². The maximum absolute atomic E-state index is 13.2. The lowest BCUT2D eigenvalue weighted by atomic mass is 10.0. The summed E-state index contributed by atoms with van der Waals surface area (Å²) in [5, 5.41) is 1.87. The normalized spacial score (nSPS) is 19.1. The lowest BCUT2D eigenvalue weighted by molar-refractivity contribution is -0.0776. The first-order valence-corrected chi connectivity index (χ1v) is 24.5. The van der Waals surface area contributed by atoms with Crippen molar-refractivity contribution in [2.45, 2.75) is 108 Å². The fourth-order valence-corrected chi connectivity index (χ4v) is 13.8. The highest BCUT2D eigenvalue weighted by atomic mass is 32.2. The first kappa shape index (κ1) is 39.8. The molecule has 0 bridgehead atoms. The van der Waals surface area contributed by atoms with Crippen LogP contribution >= 0.6 is 0 Å². The van der Waals surface area contributed by atoms with E-state index < -0.39 is 62.5 Å². The third-order valence-electron chi connectivity index (χ3n) is 9.37. The van der Waals surface area contributed by atoms with Crippen LogP contribution in [0.4, 0.5) is 0 Å². The summed E-state index contributed by atoms with van der Waals surface area (Å²) < 4.78 is 54.2. The van der Waals surface area contributed by atoms with Gasteiger partial charge in [0.1, 0.15) is 12.3 Å². The van der Waals surface area contributed by atoms with Gasteiger partial charge in [0, 0.05) is 18.2 Å². The second-order valence-corrected chi connectivity index (χ2v) is 25.9. The Hall–Kier alpha value is -3.44. The number of benzene rings is 3. The minimum atomic E-state index is -3.95. The zero-order valence-electron chi connectivity index (χ0n) is 31.4. The molecule has 10 nitrogen and oxygen atoms in total. The van der Waals surface area contributed by atoms with Gasteiger partial charge in [-0.2, -0.15) is 8.42 Å². The smallest absolute Gasteiger partial charge is 0.330 e. The molecular weight excluding hydrogens is 713 g/mol. The average molecular weight is 765 g/mol. The highest BCUT2D eigenvalue weighted by Crippen LogP contribution is 2.42. The van der Waals surface area contributed by atoms with Gasteiger partial charge in [-0.1, -0.05) is 99.1 Å². The number of ether oxygens (including phenoxy) is 1. The van der Waals surface area contributed by atoms with Crippen LogP contribution in [0.25, 0.3) is 0 Å². The van der Waals surface area contributed by atoms with Crippen LogP contribution in [0.15, 0.2) is 106 Å². The Morgan fingerprint density at radius 3 is 2.02 bits per heavy atom. The van der Waals surface area contributed by atoms with E-state index in [4.69, 9.17) is 17.8 Å². The van der Waals surface area contributed by atoms with E-state index in [2.05, 4.69) is 69.7 Å². The molecule has 52 heavy (non-hydrogen) atoms. The molecular formula is C39H52N2O8SSi2. The van der Waals surface area contributed by atoms with Gasteiger partial charge in [0.15, 0.2) is 8.32 Å². The van der Waals surface area contributed by atoms with Crippen LogP contribution in [-0.4, -0.2) is 59.5 Å². The van der Waals surface area contributed by atoms with Crippen molar-refractivity contribution in [1.29, 1.82) is 0 Å². The zero-order chi connectivity index (χ0) is 37.9. The summed E-state index contributed by atoms with van der Waals surface area (Å²) in [5.74, 6) is 0. The Morgan fingerprint density at radius 2 is 1.48 bits per heavy atom. The van der Waals surface area contributed by atoms with Crippen molar-refractivity contribution >= 4 is 37.1 Å². The van der Waals surface area contributed by atoms with Crippen LogP contribution in [0.5, 0.6) is 0 Å². The van der Waals surface area contributed by atoms with Crippen molar-refractivity contribution in [1.82, 2.24) is 9.55 Å². The predicted octanol–water partition coefficient (Wildman–Crippen LogP) is 5.79. The molecule has 0 unspecified atom stereocenters. The molecule has 1 saturated heterocycles. The summed E-state index contributed by atoms with van der Waals surface area (Å²) >= 11 is 0. The van der Waals surface area contributed by atoms with Crippen molar-refractivity contribution < 1.29 is 26.2 Å². The fourth-order valence-electron chi connectivity index (χ4n) is 6.97. The second kappa shape index (κ2) is 15.9. The molecule has 1 aliphatic heterocycles. The van der Waals surface area contributed by atoms with E-state index in [-0.39, 0.29) is 16.5 Å². The summed E-state index contributed by atoms with van der Waals surface area (Å²) in [6.45, 7) is 16.4. The molecule has 1 aliphatic rings. The van der Waals surface area contributed by atoms with Gasteiger partial charge >= 0.3 is 5.69 Å². The molecule has 4 atom stereocenters. The Labute approximate surface area is 309 Å². The van der Waals surface area contributed by atoms with E-state index in [1.165, 1.54) is 10.8 Å². The molecule has 0 aliphatic carbocycles. The van der Waals surface area contributed by atoms with Gasteiger partial charge in [-0.15, -0.1) is 0 Å². The molecule has 0 radical (unpaired) electrons. The fraction of sp³-hybridized carbons (Fsp3) is 0.436. The van der Waals surface area contributed by atoms with Gasteiger partial charge in [0.05, 0.1) is 23.7 Å². The molecule has 13 heteroatoms. The Kier molecular flexibility index (Phi) is 12.2. The number of rotatable bonds is 14. The number of nitrogens with zero attached hydrogens (tertiary/aromatic N) is 1. The molecule has 0 amide bonds. The Bertz CT molecular complexity index is 1980. The maximum Gasteiger partial charge on any atom is 0.330 e. The maximum atomic E-state index is 13.2. The van der Waals surface area contributed by atoms with E-state index in [9.17, 15) is 18.0 Å². The van der Waals surface area contributed by atoms with Crippen LogP contribution in [0.3, 0.4) is 0 Å². The number of hydrogen-bond donors (Lipinski definition) is 1. The van der Waals surface area contributed by atoms with Crippen molar-refractivity contribution in [3.63, 3.8) is 0 Å². The lowest BCUT2D eigenvalue weighted by Crippen LogP contribution is -2.68. The van der Waals surface area contributed by atoms with Crippen LogP contribution in [0.1, 0.15) is 57.4 Å². The molecule has 4 aromatic rings. The van der Waals surface area contributed by atoms with Gasteiger partial charge < -0.3 is 13.6 Å². The highest BCUT2D eigenvalue weighted by Gasteiger charge is 2.55. The SMILES string of the molecule is Cc1ccc(S(=O)(=O)OCCC[C@H](O[Si](C)(C)C)[C@H]2O[C@@H](n3cc(C)c(=O)[nH]c3=O)C[C@@H]2O[Si](c2ccccc2)(c2ccccc2)C(C)(C)C)cc1. The van der Waals surface area contributed by atoms with E-state index in [0.717, 1.165) is 15.9 Å². The minimum Gasteiger partial charge on any atom is -0.412 e. The third kappa shape index (κ3) is 9.01. The number of hydrogen-bond acceptors (Lipinski definition) is 8. The van der Waals surface area contributed by atoms with Gasteiger partial charge in [-0.25, -0.2) is 4.79 Å². The van der Waals surface area contributed by atoms with Gasteiger partial charge in [-0.05, 0) is 73.9 Å². The summed E-state index contributed by atoms with van der Waals surface area (Å²) in [5.41, 5.74) is 0.325. The van der Waals surface area contributed by atoms with Gasteiger partial charge in [-0.3, -0.25) is 18.5 Å². The standard InChI is InChI=1S/C39H52N2O8SSi2/c1-28-21-23-30(24-22-28)50(44,45)46-25-15-20-33(48-51(6,7)8)36-34(26-35(47-36)41-27-29(2)37(42)40-38(41)43)49-52(39(3,4)5,31-16-11-9-12-17-31)32-18-13-10-14-19-32/h9-14,16-19,21-24,27,33-36H,15,20,25-26H2,1-8H3,(H,40,42,43)/t33-,34-,35+,36+/m0/s1. The number of aromatic amines is 1. The summed E-state index contributed by atoms with van der Waals surface area (Å²) in [6, 6.07) is 27.2. The van der Waals surface area contributed by atoms with Crippen LogP contribution < -0.4 is 21.6 Å². The molecule has 2 heterocycles. The molecule has 1 fully saturated rings. The number of aromatic nitrogens is 2. The van der Waals surface area contributed by atoms with Crippen molar-refractivity contribution in [2.75, 3.05) is 6.61 Å². The predicted molar refractivity (Wildman–Crippen MR) is 209 cm³/mol. The molecule has 280 valence electrons. The number of H-pyrrole nitrogens is 1. The molecule has 1 aromatic heterocycles. The Morgan fingerprint density at radius 1 is 0.904 bits per heavy atom. The molecule has 3 aromatic carbocycles. The van der Waals surface area contributed by atoms with E-state index >= 15 is 0 Å². The molecule has 1 N–H and O–H groups in total. The Balaban J connectivity index is 1.54. The molecule has 0 spiro atoms. The zero-order valence-corrected chi connectivity index (χ0v) is 34.2. The molecule has 5 rings (SSSR count). The monoisotopic (exact) mass is 764 g/mol. The van der Waals surface area contributed by atoms with E-state index in [1.807, 2.05) is 43.3 Å². The van der Waals surface area contributed by atoms with Crippen LogP contribution in [0.2, 0.25) is 24.7 Å². The number of nitrogens with one attached hydrogen (secondary N) is 1. The first-order valence-electron chi connectivity index (χ1n) is 17.8. The van der Waals surface area contributed by atoms with Gasteiger partial charge in [0.2, 0.25) is 0 Å².